The SMILES string of the molecule is Cc1ncsc1CNc1nc(C(=O)O)ccc1[N+](=O)[O-]. The van der Waals surface area contributed by atoms with Crippen LogP contribution in [0, 0.1) is 17.0 Å². The molecule has 2 heterocycles. The number of carboxylic acid groups (broad SMARTS) is 1. The number of aromatic nitrogens is 2. The molecule has 0 aliphatic carbocycles. The van der Waals surface area contributed by atoms with Crippen molar-refractivity contribution in [3.63, 3.8) is 0 Å². The zero-order valence-corrected chi connectivity index (χ0v) is 11.2. The standard InChI is InChI=1S/C11H10N4O4S/c1-6-9(20-5-13-6)4-12-10-8(15(18)19)3-2-7(14-10)11(16)17/h2-3,5H,4H2,1H3,(H,12,14)(H,16,17). The molecule has 8 nitrogen and oxygen atoms in total. The Labute approximate surface area is 117 Å². The zero-order chi connectivity index (χ0) is 14.7. The number of thiazole rings is 1. The Morgan fingerprint density at radius 2 is 2.30 bits per heavy atom. The highest BCUT2D eigenvalue weighted by Gasteiger charge is 2.18. The van der Waals surface area contributed by atoms with Crippen LogP contribution in [0.25, 0.3) is 0 Å². The lowest BCUT2D eigenvalue weighted by Crippen LogP contribution is -2.08. The number of anilines is 1. The molecule has 20 heavy (non-hydrogen) atoms. The summed E-state index contributed by atoms with van der Waals surface area (Å²) in [5.74, 6) is -1.31. The van der Waals surface area contributed by atoms with E-state index in [-0.39, 0.29) is 17.2 Å². The molecule has 0 aliphatic rings. The van der Waals surface area contributed by atoms with Crippen LogP contribution < -0.4 is 5.32 Å². The molecule has 2 rings (SSSR count). The summed E-state index contributed by atoms with van der Waals surface area (Å²) < 4.78 is 0. The van der Waals surface area contributed by atoms with Crippen molar-refractivity contribution in [1.82, 2.24) is 9.97 Å². The molecule has 104 valence electrons. The number of aromatic carboxylic acids is 1. The molecule has 0 amide bonds. The summed E-state index contributed by atoms with van der Waals surface area (Å²) in [4.78, 5) is 29.9. The number of carbonyl (C=O) groups is 1. The first kappa shape index (κ1) is 13.9. The van der Waals surface area contributed by atoms with E-state index < -0.39 is 10.9 Å². The molecule has 0 saturated heterocycles. The summed E-state index contributed by atoms with van der Waals surface area (Å²) in [6, 6.07) is 2.22. The second-order valence-electron chi connectivity index (χ2n) is 3.84. The molecule has 0 spiro atoms. The highest BCUT2D eigenvalue weighted by molar-refractivity contribution is 7.09. The predicted octanol–water partition coefficient (Wildman–Crippen LogP) is 2.07. The van der Waals surface area contributed by atoms with Crippen molar-refractivity contribution >= 4 is 28.8 Å². The molecule has 0 bridgehead atoms. The van der Waals surface area contributed by atoms with Crippen LogP contribution in [-0.4, -0.2) is 26.0 Å². The first-order chi connectivity index (χ1) is 9.49. The van der Waals surface area contributed by atoms with Crippen molar-refractivity contribution in [3.8, 4) is 0 Å². The summed E-state index contributed by atoms with van der Waals surface area (Å²) >= 11 is 1.41. The van der Waals surface area contributed by atoms with Gasteiger partial charge in [0, 0.05) is 10.9 Å². The Morgan fingerprint density at radius 1 is 1.55 bits per heavy atom. The summed E-state index contributed by atoms with van der Waals surface area (Å²) in [5, 5.41) is 22.6. The fraction of sp³-hybridized carbons (Fsp3) is 0.182. The van der Waals surface area contributed by atoms with Crippen molar-refractivity contribution in [2.75, 3.05) is 5.32 Å². The number of hydrogen-bond acceptors (Lipinski definition) is 7. The maximum absolute atomic E-state index is 10.9. The van der Waals surface area contributed by atoms with Gasteiger partial charge in [-0.1, -0.05) is 0 Å². The molecule has 0 fully saturated rings. The van der Waals surface area contributed by atoms with E-state index in [1.165, 1.54) is 11.3 Å². The summed E-state index contributed by atoms with van der Waals surface area (Å²) in [7, 11) is 0. The van der Waals surface area contributed by atoms with Crippen molar-refractivity contribution in [1.29, 1.82) is 0 Å². The highest BCUT2D eigenvalue weighted by Crippen LogP contribution is 2.23. The summed E-state index contributed by atoms with van der Waals surface area (Å²) in [5.41, 5.74) is 1.97. The van der Waals surface area contributed by atoms with Crippen LogP contribution in [0.5, 0.6) is 0 Å². The van der Waals surface area contributed by atoms with E-state index in [4.69, 9.17) is 5.11 Å². The van der Waals surface area contributed by atoms with Crippen LogP contribution in [0.2, 0.25) is 0 Å². The van der Waals surface area contributed by atoms with E-state index in [1.54, 1.807) is 5.51 Å². The molecule has 2 aromatic heterocycles. The Kier molecular flexibility index (Phi) is 3.89. The van der Waals surface area contributed by atoms with E-state index >= 15 is 0 Å². The third-order valence-corrected chi connectivity index (χ3v) is 3.49. The van der Waals surface area contributed by atoms with Gasteiger partial charge >= 0.3 is 11.7 Å². The zero-order valence-electron chi connectivity index (χ0n) is 10.4. The van der Waals surface area contributed by atoms with Crippen LogP contribution >= 0.6 is 11.3 Å². The van der Waals surface area contributed by atoms with Gasteiger partial charge in [-0.2, -0.15) is 0 Å². The normalized spacial score (nSPS) is 10.2. The van der Waals surface area contributed by atoms with Gasteiger partial charge in [-0.25, -0.2) is 14.8 Å². The number of nitrogens with zero attached hydrogens (tertiary/aromatic N) is 3. The molecule has 0 unspecified atom stereocenters. The van der Waals surface area contributed by atoms with Gasteiger partial charge in [0.2, 0.25) is 5.82 Å². The van der Waals surface area contributed by atoms with Gasteiger partial charge in [0.1, 0.15) is 0 Å². The minimum absolute atomic E-state index is 0.0669. The Balaban J connectivity index is 2.28. The van der Waals surface area contributed by atoms with E-state index in [0.29, 0.717) is 6.54 Å². The summed E-state index contributed by atoms with van der Waals surface area (Å²) in [6.07, 6.45) is 0. The van der Waals surface area contributed by atoms with Crippen LogP contribution in [0.3, 0.4) is 0 Å². The van der Waals surface area contributed by atoms with Gasteiger partial charge in [-0.3, -0.25) is 10.1 Å². The van der Waals surface area contributed by atoms with Crippen LogP contribution in [0.15, 0.2) is 17.6 Å². The number of rotatable bonds is 5. The molecule has 2 N–H and O–H groups in total. The number of hydrogen-bond donors (Lipinski definition) is 2. The van der Waals surface area contributed by atoms with E-state index in [9.17, 15) is 14.9 Å². The number of aryl methyl sites for hydroxylation is 1. The van der Waals surface area contributed by atoms with Gasteiger partial charge in [-0.15, -0.1) is 11.3 Å². The maximum atomic E-state index is 10.9. The van der Waals surface area contributed by atoms with Crippen LogP contribution in [0.1, 0.15) is 21.1 Å². The molecule has 0 aliphatic heterocycles. The minimum atomic E-state index is -1.24. The van der Waals surface area contributed by atoms with Gasteiger partial charge in [0.15, 0.2) is 5.69 Å². The van der Waals surface area contributed by atoms with Gasteiger partial charge in [0.25, 0.3) is 0 Å². The average Bonchev–Trinajstić information content (AvgIpc) is 2.81. The monoisotopic (exact) mass is 294 g/mol. The predicted molar refractivity (Wildman–Crippen MR) is 72.0 cm³/mol. The molecule has 0 saturated carbocycles. The molecule has 0 aromatic carbocycles. The smallest absolute Gasteiger partial charge is 0.354 e. The van der Waals surface area contributed by atoms with E-state index in [2.05, 4.69) is 15.3 Å². The van der Waals surface area contributed by atoms with Gasteiger partial charge < -0.3 is 10.4 Å². The molecule has 9 heteroatoms. The first-order valence-corrected chi connectivity index (χ1v) is 6.38. The van der Waals surface area contributed by atoms with E-state index in [1.807, 2.05) is 6.92 Å². The minimum Gasteiger partial charge on any atom is -0.477 e. The third-order valence-electron chi connectivity index (χ3n) is 2.55. The van der Waals surface area contributed by atoms with Gasteiger partial charge in [0.05, 0.1) is 22.7 Å². The van der Waals surface area contributed by atoms with E-state index in [0.717, 1.165) is 22.7 Å². The van der Waals surface area contributed by atoms with Gasteiger partial charge in [-0.05, 0) is 13.0 Å². The second-order valence-corrected chi connectivity index (χ2v) is 4.78. The number of nitrogens with one attached hydrogen (secondary N) is 1. The summed E-state index contributed by atoms with van der Waals surface area (Å²) in [6.45, 7) is 2.12. The fourth-order valence-corrected chi connectivity index (χ4v) is 2.23. The number of carboxylic acids is 1. The molecule has 2 aromatic rings. The first-order valence-electron chi connectivity index (χ1n) is 5.50. The molecular weight excluding hydrogens is 284 g/mol. The molecule has 0 atom stereocenters. The Hall–Kier alpha value is -2.55. The lowest BCUT2D eigenvalue weighted by molar-refractivity contribution is -0.384. The maximum Gasteiger partial charge on any atom is 0.354 e. The Bertz CT molecular complexity index is 670. The van der Waals surface area contributed by atoms with Crippen molar-refractivity contribution in [3.05, 3.63) is 44.0 Å². The highest BCUT2D eigenvalue weighted by atomic mass is 32.1. The average molecular weight is 294 g/mol. The third kappa shape index (κ3) is 2.88. The second kappa shape index (κ2) is 5.61. The van der Waals surface area contributed by atoms with Crippen molar-refractivity contribution < 1.29 is 14.8 Å². The van der Waals surface area contributed by atoms with Crippen LogP contribution in [-0.2, 0) is 6.54 Å². The number of nitro groups is 1. The Morgan fingerprint density at radius 3 is 2.85 bits per heavy atom. The molecular formula is C11H10N4O4S. The van der Waals surface area contributed by atoms with Crippen LogP contribution in [0.4, 0.5) is 11.5 Å². The largest absolute Gasteiger partial charge is 0.477 e. The lowest BCUT2D eigenvalue weighted by atomic mass is 10.3. The fourth-order valence-electron chi connectivity index (χ4n) is 1.51. The number of pyridine rings is 1. The van der Waals surface area contributed by atoms with Crippen molar-refractivity contribution in [2.45, 2.75) is 13.5 Å². The lowest BCUT2D eigenvalue weighted by Gasteiger charge is -2.06. The quantitative estimate of drug-likeness (QED) is 0.640. The topological polar surface area (TPSA) is 118 Å². The molecule has 0 radical (unpaired) electrons. The van der Waals surface area contributed by atoms with Crippen molar-refractivity contribution in [2.24, 2.45) is 0 Å².